The van der Waals surface area contributed by atoms with Crippen molar-refractivity contribution >= 4 is 11.6 Å². The van der Waals surface area contributed by atoms with Crippen molar-refractivity contribution in [1.29, 1.82) is 0 Å². The van der Waals surface area contributed by atoms with Crippen LogP contribution in [-0.2, 0) is 4.79 Å². The number of halogens is 1. The lowest BCUT2D eigenvalue weighted by Gasteiger charge is -2.12. The van der Waals surface area contributed by atoms with Crippen LogP contribution in [-0.4, -0.2) is 12.5 Å². The van der Waals surface area contributed by atoms with Crippen molar-refractivity contribution in [3.63, 3.8) is 0 Å². The summed E-state index contributed by atoms with van der Waals surface area (Å²) in [5.41, 5.74) is 3.35. The molecular formula is C19H22FNO2. The van der Waals surface area contributed by atoms with Crippen LogP contribution in [0.3, 0.4) is 0 Å². The van der Waals surface area contributed by atoms with E-state index in [4.69, 9.17) is 4.74 Å². The maximum absolute atomic E-state index is 13.7. The first kappa shape index (κ1) is 17.0. The van der Waals surface area contributed by atoms with Crippen molar-refractivity contribution in [3.8, 4) is 5.75 Å². The summed E-state index contributed by atoms with van der Waals surface area (Å²) in [4.78, 5) is 11.9. The molecule has 0 aliphatic rings. The highest BCUT2D eigenvalue weighted by Gasteiger charge is 2.09. The van der Waals surface area contributed by atoms with Gasteiger partial charge in [0, 0.05) is 0 Å². The Morgan fingerprint density at radius 3 is 2.52 bits per heavy atom. The van der Waals surface area contributed by atoms with Gasteiger partial charge in [0.1, 0.15) is 11.6 Å². The van der Waals surface area contributed by atoms with Gasteiger partial charge in [-0.25, -0.2) is 4.39 Å². The fourth-order valence-electron chi connectivity index (χ4n) is 2.44. The Morgan fingerprint density at radius 2 is 1.91 bits per heavy atom. The standard InChI is InChI=1S/C19H22FNO2/c1-12(2)16-7-6-15(10-14(16)4)23-11-19(22)21-18-8-5-13(3)9-17(18)20/h5-10,12H,11H2,1-4H3,(H,21,22). The van der Waals surface area contributed by atoms with Crippen LogP contribution in [0.4, 0.5) is 10.1 Å². The van der Waals surface area contributed by atoms with Gasteiger partial charge in [0.25, 0.3) is 5.91 Å². The van der Waals surface area contributed by atoms with Gasteiger partial charge in [-0.1, -0.05) is 26.0 Å². The van der Waals surface area contributed by atoms with Crippen LogP contribution in [0.5, 0.6) is 5.75 Å². The predicted octanol–water partition coefficient (Wildman–Crippen LogP) is 4.58. The smallest absolute Gasteiger partial charge is 0.262 e. The van der Waals surface area contributed by atoms with Crippen LogP contribution in [0, 0.1) is 19.7 Å². The second-order valence-corrected chi connectivity index (χ2v) is 5.99. The van der Waals surface area contributed by atoms with Crippen molar-refractivity contribution in [3.05, 3.63) is 58.9 Å². The molecule has 0 aliphatic heterocycles. The number of hydrogen-bond donors (Lipinski definition) is 1. The third kappa shape index (κ3) is 4.55. The quantitative estimate of drug-likeness (QED) is 0.877. The average Bonchev–Trinajstić information content (AvgIpc) is 2.48. The number of aryl methyl sites for hydroxylation is 2. The molecule has 122 valence electrons. The van der Waals surface area contributed by atoms with Crippen LogP contribution < -0.4 is 10.1 Å². The van der Waals surface area contributed by atoms with Crippen molar-refractivity contribution in [2.24, 2.45) is 0 Å². The molecule has 0 saturated heterocycles. The Balaban J connectivity index is 1.95. The molecule has 1 amide bonds. The number of ether oxygens (including phenoxy) is 1. The molecule has 0 radical (unpaired) electrons. The summed E-state index contributed by atoms with van der Waals surface area (Å²) in [5.74, 6) is 0.233. The molecule has 2 rings (SSSR count). The van der Waals surface area contributed by atoms with E-state index in [0.717, 1.165) is 11.1 Å². The van der Waals surface area contributed by atoms with Gasteiger partial charge in [-0.3, -0.25) is 4.79 Å². The van der Waals surface area contributed by atoms with Gasteiger partial charge in [-0.2, -0.15) is 0 Å². The van der Waals surface area contributed by atoms with Gasteiger partial charge in [-0.15, -0.1) is 0 Å². The number of anilines is 1. The number of carbonyl (C=O) groups is 1. The first-order valence-corrected chi connectivity index (χ1v) is 7.66. The summed E-state index contributed by atoms with van der Waals surface area (Å²) in [5, 5.41) is 2.51. The third-order valence-corrected chi connectivity index (χ3v) is 3.63. The minimum Gasteiger partial charge on any atom is -0.484 e. The van der Waals surface area contributed by atoms with Crippen LogP contribution in [0.2, 0.25) is 0 Å². The number of nitrogens with one attached hydrogen (secondary N) is 1. The fraction of sp³-hybridized carbons (Fsp3) is 0.316. The summed E-state index contributed by atoms with van der Waals surface area (Å²) >= 11 is 0. The van der Waals surface area contributed by atoms with E-state index in [1.165, 1.54) is 11.6 Å². The van der Waals surface area contributed by atoms with Gasteiger partial charge in [-0.05, 0) is 60.7 Å². The molecule has 0 atom stereocenters. The molecule has 0 aromatic heterocycles. The zero-order chi connectivity index (χ0) is 17.0. The first-order chi connectivity index (χ1) is 10.9. The molecule has 0 heterocycles. The second kappa shape index (κ2) is 7.27. The summed E-state index contributed by atoms with van der Waals surface area (Å²) in [6.07, 6.45) is 0. The summed E-state index contributed by atoms with van der Waals surface area (Å²) < 4.78 is 19.2. The summed E-state index contributed by atoms with van der Waals surface area (Å²) in [6, 6.07) is 10.4. The molecule has 1 N–H and O–H groups in total. The SMILES string of the molecule is Cc1ccc(NC(=O)COc2ccc(C(C)C)c(C)c2)c(F)c1. The Kier molecular flexibility index (Phi) is 5.37. The van der Waals surface area contributed by atoms with E-state index in [0.29, 0.717) is 11.7 Å². The molecule has 23 heavy (non-hydrogen) atoms. The average molecular weight is 315 g/mol. The molecule has 2 aromatic carbocycles. The molecule has 0 unspecified atom stereocenters. The van der Waals surface area contributed by atoms with E-state index in [1.807, 2.05) is 25.1 Å². The third-order valence-electron chi connectivity index (χ3n) is 3.63. The fourth-order valence-corrected chi connectivity index (χ4v) is 2.44. The Labute approximate surface area is 136 Å². The molecule has 0 spiro atoms. The van der Waals surface area contributed by atoms with Crippen LogP contribution in [0.15, 0.2) is 36.4 Å². The normalized spacial score (nSPS) is 10.7. The maximum atomic E-state index is 13.7. The van der Waals surface area contributed by atoms with Crippen molar-refractivity contribution in [1.82, 2.24) is 0 Å². The van der Waals surface area contributed by atoms with Crippen LogP contribution >= 0.6 is 0 Å². The van der Waals surface area contributed by atoms with Gasteiger partial charge in [0.05, 0.1) is 5.69 Å². The lowest BCUT2D eigenvalue weighted by Crippen LogP contribution is -2.20. The number of hydrogen-bond acceptors (Lipinski definition) is 2. The zero-order valence-electron chi connectivity index (χ0n) is 13.9. The zero-order valence-corrected chi connectivity index (χ0v) is 13.9. The van der Waals surface area contributed by atoms with E-state index in [2.05, 4.69) is 19.2 Å². The Hall–Kier alpha value is -2.36. The van der Waals surface area contributed by atoms with Gasteiger partial charge in [0.15, 0.2) is 6.61 Å². The van der Waals surface area contributed by atoms with Crippen molar-refractivity contribution in [2.45, 2.75) is 33.6 Å². The minimum absolute atomic E-state index is 0.159. The highest BCUT2D eigenvalue weighted by atomic mass is 19.1. The molecule has 0 saturated carbocycles. The maximum Gasteiger partial charge on any atom is 0.262 e. The number of carbonyl (C=O) groups excluding carboxylic acids is 1. The summed E-state index contributed by atoms with van der Waals surface area (Å²) in [6.45, 7) is 7.91. The minimum atomic E-state index is -0.449. The highest BCUT2D eigenvalue weighted by molar-refractivity contribution is 5.92. The molecule has 3 nitrogen and oxygen atoms in total. The molecule has 0 fully saturated rings. The van der Waals surface area contributed by atoms with Crippen molar-refractivity contribution in [2.75, 3.05) is 11.9 Å². The molecule has 0 bridgehead atoms. The van der Waals surface area contributed by atoms with Crippen LogP contribution in [0.1, 0.15) is 36.5 Å². The number of amides is 1. The molecule has 0 aliphatic carbocycles. The largest absolute Gasteiger partial charge is 0.484 e. The molecule has 4 heteroatoms. The van der Waals surface area contributed by atoms with Crippen LogP contribution in [0.25, 0.3) is 0 Å². The molecule has 2 aromatic rings. The van der Waals surface area contributed by atoms with E-state index in [-0.39, 0.29) is 12.3 Å². The van der Waals surface area contributed by atoms with Gasteiger partial charge >= 0.3 is 0 Å². The van der Waals surface area contributed by atoms with Gasteiger partial charge < -0.3 is 10.1 Å². The highest BCUT2D eigenvalue weighted by Crippen LogP contribution is 2.23. The first-order valence-electron chi connectivity index (χ1n) is 7.66. The number of benzene rings is 2. The lowest BCUT2D eigenvalue weighted by molar-refractivity contribution is -0.118. The van der Waals surface area contributed by atoms with E-state index >= 15 is 0 Å². The lowest BCUT2D eigenvalue weighted by atomic mass is 9.98. The Morgan fingerprint density at radius 1 is 1.17 bits per heavy atom. The van der Waals surface area contributed by atoms with Crippen molar-refractivity contribution < 1.29 is 13.9 Å². The van der Waals surface area contributed by atoms with E-state index in [1.54, 1.807) is 19.1 Å². The number of rotatable bonds is 5. The Bertz CT molecular complexity index is 711. The monoisotopic (exact) mass is 315 g/mol. The predicted molar refractivity (Wildman–Crippen MR) is 90.5 cm³/mol. The van der Waals surface area contributed by atoms with E-state index < -0.39 is 11.7 Å². The second-order valence-electron chi connectivity index (χ2n) is 5.99. The molecular weight excluding hydrogens is 293 g/mol. The van der Waals surface area contributed by atoms with Gasteiger partial charge in [0.2, 0.25) is 0 Å². The summed E-state index contributed by atoms with van der Waals surface area (Å²) in [7, 11) is 0. The topological polar surface area (TPSA) is 38.3 Å². The van der Waals surface area contributed by atoms with E-state index in [9.17, 15) is 9.18 Å².